The summed E-state index contributed by atoms with van der Waals surface area (Å²) in [6.07, 6.45) is 0.550. The van der Waals surface area contributed by atoms with Gasteiger partial charge in [-0.2, -0.15) is 0 Å². The highest BCUT2D eigenvalue weighted by Gasteiger charge is 2.25. The molecular formula is C10H21NO3. The first-order chi connectivity index (χ1) is 6.67. The third kappa shape index (κ3) is 3.20. The predicted octanol–water partition coefficient (Wildman–Crippen LogP) is 0.308. The Bertz CT molecular complexity index is 161. The molecule has 0 aliphatic carbocycles. The van der Waals surface area contributed by atoms with Crippen molar-refractivity contribution >= 4 is 0 Å². The molecule has 0 saturated carbocycles. The van der Waals surface area contributed by atoms with E-state index in [1.807, 2.05) is 0 Å². The van der Waals surface area contributed by atoms with Gasteiger partial charge in [0.1, 0.15) is 0 Å². The fourth-order valence-electron chi connectivity index (χ4n) is 1.84. The van der Waals surface area contributed by atoms with Gasteiger partial charge in [-0.05, 0) is 12.3 Å². The van der Waals surface area contributed by atoms with Crippen molar-refractivity contribution in [2.75, 3.05) is 33.9 Å². The van der Waals surface area contributed by atoms with Crippen molar-refractivity contribution in [2.45, 2.75) is 25.7 Å². The van der Waals surface area contributed by atoms with E-state index >= 15 is 0 Å². The van der Waals surface area contributed by atoms with Crippen LogP contribution in [0.3, 0.4) is 0 Å². The lowest BCUT2D eigenvalue weighted by Gasteiger charge is -2.35. The number of aliphatic hydroxyl groups is 1. The second-order valence-corrected chi connectivity index (χ2v) is 3.99. The minimum absolute atomic E-state index is 0.144. The summed E-state index contributed by atoms with van der Waals surface area (Å²) in [6.45, 7) is 4.70. The van der Waals surface area contributed by atoms with Crippen LogP contribution >= 0.6 is 0 Å². The van der Waals surface area contributed by atoms with Crippen molar-refractivity contribution in [2.24, 2.45) is 5.92 Å². The minimum Gasteiger partial charge on any atom is -0.393 e. The molecule has 1 aliphatic rings. The summed E-state index contributed by atoms with van der Waals surface area (Å²) in [5.41, 5.74) is 0. The largest absolute Gasteiger partial charge is 0.393 e. The van der Waals surface area contributed by atoms with Crippen LogP contribution in [0.1, 0.15) is 13.3 Å². The fourth-order valence-corrected chi connectivity index (χ4v) is 1.84. The molecule has 1 rings (SSSR count). The number of hydrogen-bond acceptors (Lipinski definition) is 4. The number of piperidine rings is 1. The van der Waals surface area contributed by atoms with Crippen molar-refractivity contribution in [3.05, 3.63) is 0 Å². The lowest BCUT2D eigenvalue weighted by Crippen LogP contribution is -2.45. The van der Waals surface area contributed by atoms with Gasteiger partial charge in [-0.25, -0.2) is 0 Å². The summed E-state index contributed by atoms with van der Waals surface area (Å²) in [6, 6.07) is 0. The van der Waals surface area contributed by atoms with E-state index in [4.69, 9.17) is 9.47 Å². The summed E-state index contributed by atoms with van der Waals surface area (Å²) in [5, 5.41) is 9.55. The topological polar surface area (TPSA) is 41.9 Å². The SMILES string of the molecule is COC(CN1CCC(O)C(C)C1)OC. The first-order valence-electron chi connectivity index (χ1n) is 5.13. The van der Waals surface area contributed by atoms with Crippen molar-refractivity contribution in [1.82, 2.24) is 4.90 Å². The Labute approximate surface area is 85.8 Å². The number of methoxy groups -OCH3 is 2. The molecular weight excluding hydrogens is 182 g/mol. The summed E-state index contributed by atoms with van der Waals surface area (Å²) in [5.74, 6) is 0.345. The van der Waals surface area contributed by atoms with Gasteiger partial charge in [0.25, 0.3) is 0 Å². The van der Waals surface area contributed by atoms with Gasteiger partial charge in [-0.1, -0.05) is 6.92 Å². The zero-order valence-corrected chi connectivity index (χ0v) is 9.27. The van der Waals surface area contributed by atoms with Crippen LogP contribution in [-0.4, -0.2) is 56.3 Å². The Balaban J connectivity index is 2.32. The monoisotopic (exact) mass is 203 g/mol. The highest BCUT2D eigenvalue weighted by Crippen LogP contribution is 2.16. The minimum atomic E-state index is -0.155. The molecule has 1 fully saturated rings. The molecule has 0 radical (unpaired) electrons. The van der Waals surface area contributed by atoms with Crippen LogP contribution < -0.4 is 0 Å². The Morgan fingerprint density at radius 1 is 1.43 bits per heavy atom. The van der Waals surface area contributed by atoms with Crippen molar-refractivity contribution in [1.29, 1.82) is 0 Å². The predicted molar refractivity (Wildman–Crippen MR) is 54.0 cm³/mol. The van der Waals surface area contributed by atoms with E-state index in [-0.39, 0.29) is 12.4 Å². The maximum Gasteiger partial charge on any atom is 0.169 e. The summed E-state index contributed by atoms with van der Waals surface area (Å²) >= 11 is 0. The summed E-state index contributed by atoms with van der Waals surface area (Å²) < 4.78 is 10.3. The molecule has 0 aromatic carbocycles. The molecule has 1 aliphatic heterocycles. The van der Waals surface area contributed by atoms with E-state index < -0.39 is 0 Å². The number of aliphatic hydroxyl groups excluding tert-OH is 1. The zero-order chi connectivity index (χ0) is 10.6. The maximum atomic E-state index is 9.55. The molecule has 4 heteroatoms. The molecule has 2 unspecified atom stereocenters. The van der Waals surface area contributed by atoms with Gasteiger partial charge in [-0.3, -0.25) is 4.90 Å². The highest BCUT2D eigenvalue weighted by atomic mass is 16.7. The van der Waals surface area contributed by atoms with Crippen LogP contribution in [0.4, 0.5) is 0 Å². The average molecular weight is 203 g/mol. The van der Waals surface area contributed by atoms with Crippen LogP contribution in [0.5, 0.6) is 0 Å². The van der Waals surface area contributed by atoms with E-state index in [0.29, 0.717) is 5.92 Å². The molecule has 84 valence electrons. The normalized spacial score (nSPS) is 29.8. The second kappa shape index (κ2) is 5.66. The van der Waals surface area contributed by atoms with E-state index in [2.05, 4.69) is 11.8 Å². The maximum absolute atomic E-state index is 9.55. The van der Waals surface area contributed by atoms with Crippen molar-refractivity contribution in [3.63, 3.8) is 0 Å². The average Bonchev–Trinajstić information content (AvgIpc) is 2.19. The molecule has 4 nitrogen and oxygen atoms in total. The summed E-state index contributed by atoms with van der Waals surface area (Å²) in [7, 11) is 3.30. The van der Waals surface area contributed by atoms with Gasteiger partial charge >= 0.3 is 0 Å². The van der Waals surface area contributed by atoms with Gasteiger partial charge < -0.3 is 14.6 Å². The van der Waals surface area contributed by atoms with Gasteiger partial charge in [0, 0.05) is 33.9 Å². The van der Waals surface area contributed by atoms with E-state index in [1.165, 1.54) is 0 Å². The highest BCUT2D eigenvalue weighted by molar-refractivity contribution is 4.77. The molecule has 14 heavy (non-hydrogen) atoms. The van der Waals surface area contributed by atoms with E-state index in [9.17, 15) is 5.11 Å². The molecule has 2 atom stereocenters. The molecule has 0 bridgehead atoms. The Morgan fingerprint density at radius 3 is 2.57 bits per heavy atom. The molecule has 0 amide bonds. The number of nitrogens with zero attached hydrogens (tertiary/aromatic N) is 1. The van der Waals surface area contributed by atoms with Crippen molar-refractivity contribution < 1.29 is 14.6 Å². The first-order valence-corrected chi connectivity index (χ1v) is 5.13. The summed E-state index contributed by atoms with van der Waals surface area (Å²) in [4.78, 5) is 2.27. The third-order valence-electron chi connectivity index (χ3n) is 2.88. The van der Waals surface area contributed by atoms with Gasteiger partial charge in [0.2, 0.25) is 0 Å². The molecule has 0 aromatic heterocycles. The van der Waals surface area contributed by atoms with E-state index in [1.54, 1.807) is 14.2 Å². The lowest BCUT2D eigenvalue weighted by molar-refractivity contribution is -0.123. The standard InChI is InChI=1S/C10H21NO3/c1-8-6-11(5-4-9(8)12)7-10(13-2)14-3/h8-10,12H,4-7H2,1-3H3. The number of likely N-dealkylation sites (tertiary alicyclic amines) is 1. The first kappa shape index (κ1) is 11.9. The fraction of sp³-hybridized carbons (Fsp3) is 1.00. The number of ether oxygens (including phenoxy) is 2. The van der Waals surface area contributed by atoms with Gasteiger partial charge in [-0.15, -0.1) is 0 Å². The third-order valence-corrected chi connectivity index (χ3v) is 2.88. The zero-order valence-electron chi connectivity index (χ0n) is 9.27. The van der Waals surface area contributed by atoms with Crippen LogP contribution in [0, 0.1) is 5.92 Å². The van der Waals surface area contributed by atoms with Crippen molar-refractivity contribution in [3.8, 4) is 0 Å². The molecule has 0 spiro atoms. The van der Waals surface area contributed by atoms with Crippen LogP contribution in [0.2, 0.25) is 0 Å². The smallest absolute Gasteiger partial charge is 0.169 e. The lowest BCUT2D eigenvalue weighted by atomic mass is 9.97. The Kier molecular flexibility index (Phi) is 4.81. The molecule has 1 saturated heterocycles. The molecule has 0 aromatic rings. The van der Waals surface area contributed by atoms with Crippen LogP contribution in [0.25, 0.3) is 0 Å². The van der Waals surface area contributed by atoms with Gasteiger partial charge in [0.05, 0.1) is 6.10 Å². The number of hydrogen-bond donors (Lipinski definition) is 1. The van der Waals surface area contributed by atoms with E-state index in [0.717, 1.165) is 26.1 Å². The Hall–Kier alpha value is -0.160. The second-order valence-electron chi connectivity index (χ2n) is 3.99. The number of rotatable bonds is 4. The van der Waals surface area contributed by atoms with Crippen LogP contribution in [-0.2, 0) is 9.47 Å². The van der Waals surface area contributed by atoms with Gasteiger partial charge in [0.15, 0.2) is 6.29 Å². The quantitative estimate of drug-likeness (QED) is 0.668. The van der Waals surface area contributed by atoms with Crippen LogP contribution in [0.15, 0.2) is 0 Å². The molecule has 1 heterocycles. The Morgan fingerprint density at radius 2 is 2.07 bits per heavy atom. The molecule has 1 N–H and O–H groups in total.